The number of fused-ring (bicyclic) bond motifs is 1. The minimum absolute atomic E-state index is 0.332. The van der Waals surface area contributed by atoms with Gasteiger partial charge in [0, 0.05) is 5.39 Å². The molecular weight excluding hydrogens is 371 g/mol. The molecule has 0 saturated carbocycles. The molecule has 0 amide bonds. The van der Waals surface area contributed by atoms with Gasteiger partial charge in [-0.25, -0.2) is 4.39 Å². The van der Waals surface area contributed by atoms with Crippen LogP contribution in [0.4, 0.5) is 4.39 Å². The lowest BCUT2D eigenvalue weighted by Gasteiger charge is -2.17. The third-order valence-electron chi connectivity index (χ3n) is 4.98. The third kappa shape index (κ3) is 3.46. The van der Waals surface area contributed by atoms with E-state index in [-0.39, 0.29) is 5.82 Å². The maximum atomic E-state index is 13.6. The number of nitrogens with zero attached hydrogens (tertiary/aromatic N) is 1. The Morgan fingerprint density at radius 1 is 1.00 bits per heavy atom. The second-order valence-electron chi connectivity index (χ2n) is 6.87. The van der Waals surface area contributed by atoms with E-state index < -0.39 is 0 Å². The number of aromatic amines is 1. The second kappa shape index (κ2) is 7.61. The summed E-state index contributed by atoms with van der Waals surface area (Å²) in [7, 11) is 0. The molecule has 0 aliphatic rings. The Balaban J connectivity index is 2.02. The number of hydrogen-bond donors (Lipinski definition) is 1. The first-order valence-corrected chi connectivity index (χ1v) is 9.63. The standard InChI is InChI=1S/C24H20ClFN2/c1-3-20(21-10-9-19(26)13-22(21)25)24(16-6-4-15(2)5-7-16)17-8-11-23-18(12-17)14-27-28-23/h4-14H,3H2,1-2H3,(H,27,28)/b24-20+. The highest BCUT2D eigenvalue weighted by Gasteiger charge is 2.16. The first-order chi connectivity index (χ1) is 13.6. The van der Waals surface area contributed by atoms with E-state index in [0.717, 1.165) is 45.2 Å². The highest BCUT2D eigenvalue weighted by atomic mass is 35.5. The number of halogens is 2. The molecule has 4 aromatic rings. The molecule has 0 spiro atoms. The van der Waals surface area contributed by atoms with Crippen LogP contribution in [0.1, 0.15) is 35.6 Å². The SMILES string of the molecule is CC/C(=C(/c1ccc(C)cc1)c1ccc2[nH]ncc2c1)c1ccc(F)cc1Cl. The Morgan fingerprint density at radius 3 is 2.46 bits per heavy atom. The zero-order valence-electron chi connectivity index (χ0n) is 15.8. The normalized spacial score (nSPS) is 12.3. The summed E-state index contributed by atoms with van der Waals surface area (Å²) in [4.78, 5) is 0. The van der Waals surface area contributed by atoms with Crippen molar-refractivity contribution >= 4 is 33.7 Å². The molecule has 0 radical (unpaired) electrons. The number of hydrogen-bond acceptors (Lipinski definition) is 1. The Bertz CT molecular complexity index is 1170. The van der Waals surface area contributed by atoms with Gasteiger partial charge in [0.2, 0.25) is 0 Å². The van der Waals surface area contributed by atoms with Crippen LogP contribution < -0.4 is 0 Å². The minimum Gasteiger partial charge on any atom is -0.278 e. The largest absolute Gasteiger partial charge is 0.278 e. The lowest BCUT2D eigenvalue weighted by molar-refractivity contribution is 0.628. The van der Waals surface area contributed by atoms with Crippen molar-refractivity contribution in [1.82, 2.24) is 10.2 Å². The molecule has 3 aromatic carbocycles. The van der Waals surface area contributed by atoms with E-state index in [1.807, 2.05) is 12.3 Å². The molecule has 4 heteroatoms. The topological polar surface area (TPSA) is 28.7 Å². The van der Waals surface area contributed by atoms with E-state index in [9.17, 15) is 4.39 Å². The van der Waals surface area contributed by atoms with Crippen LogP contribution in [0, 0.1) is 12.7 Å². The summed E-state index contributed by atoms with van der Waals surface area (Å²) >= 11 is 6.44. The van der Waals surface area contributed by atoms with Crippen molar-refractivity contribution in [2.24, 2.45) is 0 Å². The van der Waals surface area contributed by atoms with Gasteiger partial charge in [-0.05, 0) is 65.4 Å². The molecule has 0 bridgehead atoms. The van der Waals surface area contributed by atoms with Crippen LogP contribution in [-0.2, 0) is 0 Å². The van der Waals surface area contributed by atoms with Crippen LogP contribution in [0.15, 0.2) is 66.9 Å². The van der Waals surface area contributed by atoms with Gasteiger partial charge in [0.15, 0.2) is 0 Å². The van der Waals surface area contributed by atoms with Crippen molar-refractivity contribution in [3.05, 3.63) is 100.0 Å². The minimum atomic E-state index is -0.332. The van der Waals surface area contributed by atoms with Crippen LogP contribution in [0.3, 0.4) is 0 Å². The third-order valence-corrected chi connectivity index (χ3v) is 5.29. The molecule has 0 fully saturated rings. The average Bonchev–Trinajstić information content (AvgIpc) is 3.15. The summed E-state index contributed by atoms with van der Waals surface area (Å²) in [6.07, 6.45) is 2.58. The Morgan fingerprint density at radius 2 is 1.75 bits per heavy atom. The van der Waals surface area contributed by atoms with Crippen molar-refractivity contribution in [2.75, 3.05) is 0 Å². The lowest BCUT2D eigenvalue weighted by atomic mass is 9.87. The highest BCUT2D eigenvalue weighted by molar-refractivity contribution is 6.32. The van der Waals surface area contributed by atoms with Crippen LogP contribution in [0.2, 0.25) is 5.02 Å². The molecule has 1 N–H and O–H groups in total. The van der Waals surface area contributed by atoms with Crippen LogP contribution >= 0.6 is 11.6 Å². The molecule has 0 aliphatic carbocycles. The summed E-state index contributed by atoms with van der Waals surface area (Å²) in [5.74, 6) is -0.332. The van der Waals surface area contributed by atoms with Gasteiger partial charge in [-0.1, -0.05) is 60.5 Å². The quantitative estimate of drug-likeness (QED) is 0.372. The number of aryl methyl sites for hydroxylation is 1. The van der Waals surface area contributed by atoms with Gasteiger partial charge in [-0.15, -0.1) is 0 Å². The van der Waals surface area contributed by atoms with E-state index in [0.29, 0.717) is 5.02 Å². The summed E-state index contributed by atoms with van der Waals surface area (Å²) < 4.78 is 13.6. The van der Waals surface area contributed by atoms with Gasteiger partial charge in [0.1, 0.15) is 5.82 Å². The molecule has 140 valence electrons. The van der Waals surface area contributed by atoms with Crippen LogP contribution in [0.5, 0.6) is 0 Å². The second-order valence-corrected chi connectivity index (χ2v) is 7.28. The Labute approximate surface area is 168 Å². The van der Waals surface area contributed by atoms with E-state index in [1.54, 1.807) is 6.07 Å². The zero-order valence-corrected chi connectivity index (χ0v) is 16.5. The molecule has 1 heterocycles. The predicted octanol–water partition coefficient (Wildman–Crippen LogP) is 7.03. The van der Waals surface area contributed by atoms with Gasteiger partial charge in [0.05, 0.1) is 16.7 Å². The lowest BCUT2D eigenvalue weighted by Crippen LogP contribution is -1.96. The van der Waals surface area contributed by atoms with Crippen molar-refractivity contribution in [1.29, 1.82) is 0 Å². The van der Waals surface area contributed by atoms with Gasteiger partial charge in [-0.2, -0.15) is 5.10 Å². The van der Waals surface area contributed by atoms with Crippen molar-refractivity contribution in [3.8, 4) is 0 Å². The van der Waals surface area contributed by atoms with Gasteiger partial charge < -0.3 is 0 Å². The average molecular weight is 391 g/mol. The van der Waals surface area contributed by atoms with Crippen molar-refractivity contribution in [3.63, 3.8) is 0 Å². The molecular formula is C24H20ClFN2. The van der Waals surface area contributed by atoms with Crippen molar-refractivity contribution < 1.29 is 4.39 Å². The number of rotatable bonds is 4. The molecule has 0 saturated heterocycles. The first-order valence-electron chi connectivity index (χ1n) is 9.26. The maximum Gasteiger partial charge on any atom is 0.124 e. The Hall–Kier alpha value is -2.91. The number of H-pyrrole nitrogens is 1. The molecule has 0 atom stereocenters. The Kier molecular flexibility index (Phi) is 5.01. The van der Waals surface area contributed by atoms with E-state index in [4.69, 9.17) is 11.6 Å². The molecule has 4 rings (SSSR count). The fourth-order valence-electron chi connectivity index (χ4n) is 3.57. The monoisotopic (exact) mass is 390 g/mol. The number of aromatic nitrogens is 2. The zero-order chi connectivity index (χ0) is 19.7. The first kappa shape index (κ1) is 18.5. The van der Waals surface area contributed by atoms with Crippen LogP contribution in [-0.4, -0.2) is 10.2 Å². The fraction of sp³-hybridized carbons (Fsp3) is 0.125. The molecule has 0 aliphatic heterocycles. The van der Waals surface area contributed by atoms with Gasteiger partial charge >= 0.3 is 0 Å². The smallest absolute Gasteiger partial charge is 0.124 e. The maximum absolute atomic E-state index is 13.6. The number of nitrogens with one attached hydrogen (secondary N) is 1. The van der Waals surface area contributed by atoms with Crippen molar-refractivity contribution in [2.45, 2.75) is 20.3 Å². The molecule has 1 aromatic heterocycles. The summed E-state index contributed by atoms with van der Waals surface area (Å²) in [6.45, 7) is 4.17. The fourth-order valence-corrected chi connectivity index (χ4v) is 3.85. The van der Waals surface area contributed by atoms with Crippen LogP contribution in [0.25, 0.3) is 22.0 Å². The molecule has 28 heavy (non-hydrogen) atoms. The predicted molar refractivity (Wildman–Crippen MR) is 115 cm³/mol. The summed E-state index contributed by atoms with van der Waals surface area (Å²) in [5.41, 5.74) is 7.40. The van der Waals surface area contributed by atoms with E-state index >= 15 is 0 Å². The molecule has 2 nitrogen and oxygen atoms in total. The number of benzene rings is 3. The highest BCUT2D eigenvalue weighted by Crippen LogP contribution is 2.38. The van der Waals surface area contributed by atoms with Gasteiger partial charge in [-0.3, -0.25) is 5.10 Å². The molecule has 0 unspecified atom stereocenters. The number of allylic oxidation sites excluding steroid dienone is 1. The van der Waals surface area contributed by atoms with E-state index in [1.165, 1.54) is 17.7 Å². The van der Waals surface area contributed by atoms with E-state index in [2.05, 4.69) is 60.4 Å². The summed E-state index contributed by atoms with van der Waals surface area (Å²) in [5, 5.41) is 8.59. The summed E-state index contributed by atoms with van der Waals surface area (Å²) in [6, 6.07) is 19.3. The van der Waals surface area contributed by atoms with Gasteiger partial charge in [0.25, 0.3) is 0 Å².